The number of benzene rings is 1. The van der Waals surface area contributed by atoms with Gasteiger partial charge in [0.05, 0.1) is 25.2 Å². The molecule has 2 aromatic heterocycles. The van der Waals surface area contributed by atoms with Crippen LogP contribution in [0.3, 0.4) is 0 Å². The van der Waals surface area contributed by atoms with Crippen molar-refractivity contribution in [2.75, 3.05) is 51.8 Å². The van der Waals surface area contributed by atoms with Crippen LogP contribution in [0.2, 0.25) is 10.0 Å². The number of likely N-dealkylation sites (N-methyl/N-ethyl adjacent to an activating group) is 1. The van der Waals surface area contributed by atoms with Gasteiger partial charge in [0, 0.05) is 59.8 Å². The van der Waals surface area contributed by atoms with E-state index in [1.54, 1.807) is 18.5 Å². The first-order valence-electron chi connectivity index (χ1n) is 14.5. The Balaban J connectivity index is 1.18. The molecule has 3 aromatic rings. The number of hydrogen-bond donors (Lipinski definition) is 0. The maximum Gasteiger partial charge on any atom is 0.305 e. The van der Waals surface area contributed by atoms with E-state index < -0.39 is 0 Å². The molecule has 222 valence electrons. The Morgan fingerprint density at radius 3 is 2.33 bits per heavy atom. The van der Waals surface area contributed by atoms with Crippen molar-refractivity contribution >= 4 is 35.1 Å². The van der Waals surface area contributed by atoms with E-state index in [0.29, 0.717) is 34.0 Å². The van der Waals surface area contributed by atoms with Gasteiger partial charge in [-0.1, -0.05) is 23.2 Å². The maximum absolute atomic E-state index is 11.7. The molecule has 0 saturated carbocycles. The van der Waals surface area contributed by atoms with Crippen LogP contribution in [0, 0.1) is 5.92 Å². The summed E-state index contributed by atoms with van der Waals surface area (Å²) >= 11 is 12.6. The molecule has 0 N–H and O–H groups in total. The van der Waals surface area contributed by atoms with Gasteiger partial charge in [-0.05, 0) is 81.6 Å². The lowest BCUT2D eigenvalue weighted by Gasteiger charge is -2.48. The third kappa shape index (κ3) is 6.49. The molecule has 0 aliphatic carbocycles. The first-order valence-corrected chi connectivity index (χ1v) is 15.3. The lowest BCUT2D eigenvalue weighted by atomic mass is 9.85. The van der Waals surface area contributed by atoms with E-state index in [0.717, 1.165) is 81.3 Å². The van der Waals surface area contributed by atoms with Gasteiger partial charge < -0.3 is 14.4 Å². The van der Waals surface area contributed by atoms with Crippen LogP contribution in [0.15, 0.2) is 42.7 Å². The van der Waals surface area contributed by atoms with Crippen LogP contribution in [-0.4, -0.2) is 83.1 Å². The minimum Gasteiger partial charge on any atom is -0.469 e. The van der Waals surface area contributed by atoms with Crippen molar-refractivity contribution in [1.29, 1.82) is 0 Å². The fourth-order valence-electron chi connectivity index (χ4n) is 6.32. The van der Waals surface area contributed by atoms with E-state index in [2.05, 4.69) is 37.8 Å². The topological polar surface area (TPSA) is 83.9 Å². The molecular weight excluding hydrogens is 575 g/mol. The summed E-state index contributed by atoms with van der Waals surface area (Å²) in [6, 6.07) is 9.41. The highest BCUT2D eigenvalue weighted by atomic mass is 35.5. The molecule has 5 heterocycles. The Kier molecular flexibility index (Phi) is 8.54. The summed E-state index contributed by atoms with van der Waals surface area (Å²) in [6.45, 7) is 5.61. The molecule has 0 radical (unpaired) electrons. The average Bonchev–Trinajstić information content (AvgIpc) is 3.45. The second-order valence-electron chi connectivity index (χ2n) is 11.7. The zero-order valence-electron chi connectivity index (χ0n) is 24.1. The summed E-state index contributed by atoms with van der Waals surface area (Å²) in [5.41, 5.74) is 2.87. The van der Waals surface area contributed by atoms with E-state index in [-0.39, 0.29) is 11.5 Å². The van der Waals surface area contributed by atoms with Crippen LogP contribution in [-0.2, 0) is 16.1 Å². The predicted molar refractivity (Wildman–Crippen MR) is 163 cm³/mol. The lowest BCUT2D eigenvalue weighted by Crippen LogP contribution is -2.59. The molecule has 1 aromatic carbocycles. The monoisotopic (exact) mass is 610 g/mol. The van der Waals surface area contributed by atoms with Gasteiger partial charge >= 0.3 is 5.97 Å². The molecule has 1 atom stereocenters. The zero-order valence-corrected chi connectivity index (χ0v) is 25.6. The number of carbonyl (C=O) groups is 1. The third-order valence-corrected chi connectivity index (χ3v) is 9.43. The SMILES string of the molecule is COC(=O)CC1CCN(Cc2cc(Oc3cnc(N4CCC5(CCN5C)C4)nc3)nc(-c3cc(Cl)cc(Cl)c3)c2)CC1. The number of pyridine rings is 1. The maximum atomic E-state index is 11.7. The van der Waals surface area contributed by atoms with Crippen LogP contribution in [0.25, 0.3) is 11.3 Å². The van der Waals surface area contributed by atoms with Crippen LogP contribution in [0.5, 0.6) is 11.6 Å². The van der Waals surface area contributed by atoms with Gasteiger partial charge in [-0.2, -0.15) is 0 Å². The molecule has 11 heteroatoms. The summed E-state index contributed by atoms with van der Waals surface area (Å²) in [7, 11) is 3.65. The van der Waals surface area contributed by atoms with E-state index in [1.807, 2.05) is 18.2 Å². The van der Waals surface area contributed by atoms with Gasteiger partial charge in [0.1, 0.15) is 0 Å². The van der Waals surface area contributed by atoms with Crippen molar-refractivity contribution in [1.82, 2.24) is 24.8 Å². The second-order valence-corrected chi connectivity index (χ2v) is 12.6. The van der Waals surface area contributed by atoms with Crippen LogP contribution in [0.4, 0.5) is 5.95 Å². The highest BCUT2D eigenvalue weighted by molar-refractivity contribution is 6.35. The molecule has 3 saturated heterocycles. The molecule has 0 amide bonds. The fourth-order valence-corrected chi connectivity index (χ4v) is 6.84. The number of halogens is 2. The number of anilines is 1. The summed E-state index contributed by atoms with van der Waals surface area (Å²) in [5.74, 6) is 1.93. The minimum atomic E-state index is -0.137. The Bertz CT molecular complexity index is 1410. The van der Waals surface area contributed by atoms with Gasteiger partial charge in [0.15, 0.2) is 5.75 Å². The summed E-state index contributed by atoms with van der Waals surface area (Å²) in [6.07, 6.45) is 8.20. The van der Waals surface area contributed by atoms with Gasteiger partial charge in [-0.3, -0.25) is 14.6 Å². The summed E-state index contributed by atoms with van der Waals surface area (Å²) in [4.78, 5) is 32.8. The quantitative estimate of drug-likeness (QED) is 0.298. The molecule has 42 heavy (non-hydrogen) atoms. The molecule has 1 spiro atoms. The van der Waals surface area contributed by atoms with Gasteiger partial charge in [0.25, 0.3) is 0 Å². The Morgan fingerprint density at radius 2 is 1.71 bits per heavy atom. The average molecular weight is 612 g/mol. The molecule has 6 rings (SSSR count). The number of likely N-dealkylation sites (tertiary alicyclic amines) is 2. The van der Waals surface area contributed by atoms with Crippen molar-refractivity contribution in [2.45, 2.75) is 44.2 Å². The number of methoxy groups -OCH3 is 1. The smallest absolute Gasteiger partial charge is 0.305 e. The van der Waals surface area contributed by atoms with Crippen molar-refractivity contribution in [3.63, 3.8) is 0 Å². The minimum absolute atomic E-state index is 0.137. The molecule has 0 bridgehead atoms. The first kappa shape index (κ1) is 29.1. The normalized spacial score (nSPS) is 21.5. The number of hydrogen-bond acceptors (Lipinski definition) is 9. The molecule has 3 aliphatic rings. The molecule has 1 unspecified atom stereocenters. The summed E-state index contributed by atoms with van der Waals surface area (Å²) < 4.78 is 11.1. The first-order chi connectivity index (χ1) is 20.3. The number of nitrogens with zero attached hydrogens (tertiary/aromatic N) is 6. The fraction of sp³-hybridized carbons (Fsp3) is 0.484. The van der Waals surface area contributed by atoms with Gasteiger partial charge in [-0.25, -0.2) is 15.0 Å². The highest BCUT2D eigenvalue weighted by Crippen LogP contribution is 2.39. The van der Waals surface area contributed by atoms with Crippen LogP contribution >= 0.6 is 23.2 Å². The predicted octanol–water partition coefficient (Wildman–Crippen LogP) is 5.70. The number of esters is 1. The standard InChI is InChI=1S/C31H36Cl2N6O3/c1-37-9-5-31(37)6-10-39(20-31)30-34-17-26(18-35-30)42-28-12-22(11-27(36-28)23-14-24(32)16-25(33)15-23)19-38-7-3-21(4-8-38)13-29(40)41-2/h11-12,14-18,21H,3-10,13,19-20H2,1-2H3. The second kappa shape index (κ2) is 12.3. The van der Waals surface area contributed by atoms with Gasteiger partial charge in [-0.15, -0.1) is 0 Å². The number of carbonyl (C=O) groups excluding carboxylic acids is 1. The third-order valence-electron chi connectivity index (χ3n) is 8.99. The van der Waals surface area contributed by atoms with E-state index in [9.17, 15) is 4.79 Å². The summed E-state index contributed by atoms with van der Waals surface area (Å²) in [5, 5.41) is 1.08. The van der Waals surface area contributed by atoms with Crippen molar-refractivity contribution in [2.24, 2.45) is 5.92 Å². The Labute approximate surface area is 256 Å². The zero-order chi connectivity index (χ0) is 29.3. The molecule has 3 aliphatic heterocycles. The lowest BCUT2D eigenvalue weighted by molar-refractivity contribution is -0.142. The Hall–Kier alpha value is -2.98. The Morgan fingerprint density at radius 1 is 1.00 bits per heavy atom. The molecule has 9 nitrogen and oxygen atoms in total. The number of piperidine rings is 1. The van der Waals surface area contributed by atoms with E-state index in [4.69, 9.17) is 37.7 Å². The van der Waals surface area contributed by atoms with E-state index >= 15 is 0 Å². The number of aromatic nitrogens is 3. The highest BCUT2D eigenvalue weighted by Gasteiger charge is 2.47. The number of rotatable bonds is 8. The number of ether oxygens (including phenoxy) is 2. The van der Waals surface area contributed by atoms with Crippen molar-refractivity contribution in [3.05, 3.63) is 58.3 Å². The molecule has 3 fully saturated rings. The van der Waals surface area contributed by atoms with E-state index in [1.165, 1.54) is 13.5 Å². The van der Waals surface area contributed by atoms with Crippen molar-refractivity contribution in [3.8, 4) is 22.9 Å². The van der Waals surface area contributed by atoms with Crippen molar-refractivity contribution < 1.29 is 14.3 Å². The van der Waals surface area contributed by atoms with Crippen LogP contribution < -0.4 is 9.64 Å². The largest absolute Gasteiger partial charge is 0.469 e. The molecular formula is C31H36Cl2N6O3. The van der Waals surface area contributed by atoms with Gasteiger partial charge in [0.2, 0.25) is 11.8 Å². The van der Waals surface area contributed by atoms with Crippen LogP contribution in [0.1, 0.15) is 37.7 Å².